The molecule has 0 bridgehead atoms. The van der Waals surface area contributed by atoms with Crippen molar-refractivity contribution < 1.29 is 17.7 Å². The number of rotatable bonds is 7. The van der Waals surface area contributed by atoms with Crippen LogP contribution in [0.1, 0.15) is 12.0 Å². The van der Waals surface area contributed by atoms with Crippen molar-refractivity contribution in [1.29, 1.82) is 10.5 Å². The van der Waals surface area contributed by atoms with E-state index in [1.54, 1.807) is 35.2 Å². The van der Waals surface area contributed by atoms with Gasteiger partial charge in [0.2, 0.25) is 5.88 Å². The van der Waals surface area contributed by atoms with Gasteiger partial charge in [0.1, 0.15) is 0 Å². The van der Waals surface area contributed by atoms with Crippen LogP contribution in [0.3, 0.4) is 0 Å². The predicted molar refractivity (Wildman–Crippen MR) is 143 cm³/mol. The average Bonchev–Trinajstić information content (AvgIpc) is 3.24. The van der Waals surface area contributed by atoms with Gasteiger partial charge in [-0.3, -0.25) is 0 Å². The smallest absolute Gasteiger partial charge is 0.270 e. The molecule has 10 heteroatoms. The normalized spacial score (nSPS) is 14.8. The number of ether oxygens (including phenoxy) is 1. The van der Waals surface area contributed by atoms with Gasteiger partial charge in [-0.1, -0.05) is 54.1 Å². The van der Waals surface area contributed by atoms with E-state index in [4.69, 9.17) is 22.9 Å². The Morgan fingerprint density at radius 3 is 2.61 bits per heavy atom. The number of anilines is 1. The van der Waals surface area contributed by atoms with Crippen molar-refractivity contribution >= 4 is 43.8 Å². The number of fused-ring (bicyclic) bond motifs is 2. The van der Waals surface area contributed by atoms with Gasteiger partial charge in [0, 0.05) is 29.0 Å². The minimum atomic E-state index is -4.41. The van der Waals surface area contributed by atoms with E-state index in [-0.39, 0.29) is 35.7 Å². The van der Waals surface area contributed by atoms with Crippen molar-refractivity contribution in [1.82, 2.24) is 0 Å². The highest BCUT2D eigenvalue weighted by Crippen LogP contribution is 2.41. The van der Waals surface area contributed by atoms with Crippen molar-refractivity contribution in [2.24, 2.45) is 0 Å². The summed E-state index contributed by atoms with van der Waals surface area (Å²) in [5.41, 5.74) is 1.12. The van der Waals surface area contributed by atoms with Crippen LogP contribution >= 0.6 is 11.6 Å². The van der Waals surface area contributed by atoms with E-state index in [1.165, 1.54) is 12.2 Å². The molecule has 188 valence electrons. The van der Waals surface area contributed by atoms with Crippen molar-refractivity contribution in [3.05, 3.63) is 112 Å². The largest absolute Gasteiger partial charge is 0.748 e. The molecule has 8 nitrogen and oxygen atoms in total. The molecular weight excluding hydrogens is 524 g/mol. The Balaban J connectivity index is 1.81. The molecule has 0 aliphatic carbocycles. The summed E-state index contributed by atoms with van der Waals surface area (Å²) in [7, 11) is -4.41. The molecule has 0 radical (unpaired) electrons. The third-order valence-corrected chi connectivity index (χ3v) is 6.79. The van der Waals surface area contributed by atoms with E-state index >= 15 is 0 Å². The van der Waals surface area contributed by atoms with Crippen LogP contribution in [0, 0.1) is 29.2 Å². The molecule has 3 aromatic carbocycles. The van der Waals surface area contributed by atoms with Crippen molar-refractivity contribution in [3.63, 3.8) is 0 Å². The summed E-state index contributed by atoms with van der Waals surface area (Å²) >= 11 is 6.15. The molecule has 38 heavy (non-hydrogen) atoms. The quantitative estimate of drug-likeness (QED) is 0.161. The highest BCUT2D eigenvalue weighted by atomic mass is 35.5. The molecule has 4 rings (SSSR count). The van der Waals surface area contributed by atoms with Gasteiger partial charge in [-0.25, -0.2) is 18.5 Å². The number of nitriles is 2. The second-order valence-corrected chi connectivity index (χ2v) is 10.1. The van der Waals surface area contributed by atoms with Crippen molar-refractivity contribution in [2.75, 3.05) is 17.2 Å². The Morgan fingerprint density at radius 2 is 1.89 bits per heavy atom. The fraction of sp³-hybridized carbons (Fsp3) is 0.107. The van der Waals surface area contributed by atoms with Gasteiger partial charge in [-0.05, 0) is 47.0 Å². The average molecular weight is 542 g/mol. The Morgan fingerprint density at radius 1 is 1.13 bits per heavy atom. The van der Waals surface area contributed by atoms with Gasteiger partial charge in [0.05, 0.1) is 40.1 Å². The van der Waals surface area contributed by atoms with Gasteiger partial charge in [-0.15, -0.1) is 0 Å². The lowest BCUT2D eigenvalue weighted by Gasteiger charge is -2.19. The van der Waals surface area contributed by atoms with Crippen LogP contribution in [0.4, 0.5) is 5.69 Å². The molecule has 0 spiro atoms. The monoisotopic (exact) mass is 541 g/mol. The lowest BCUT2D eigenvalue weighted by molar-refractivity contribution is 0.436. The zero-order valence-corrected chi connectivity index (χ0v) is 21.3. The number of halogens is 1. The molecular formula is C28H18ClN4O4S-. The van der Waals surface area contributed by atoms with Crippen LogP contribution in [0.2, 0.25) is 5.02 Å². The van der Waals surface area contributed by atoms with Crippen LogP contribution in [0.15, 0.2) is 90.0 Å². The first-order valence-electron chi connectivity index (χ1n) is 11.3. The fourth-order valence-corrected chi connectivity index (χ4v) is 4.79. The molecule has 3 aromatic rings. The van der Waals surface area contributed by atoms with Gasteiger partial charge in [0.25, 0.3) is 5.70 Å². The Kier molecular flexibility index (Phi) is 7.81. The molecule has 1 aliphatic rings. The van der Waals surface area contributed by atoms with Gasteiger partial charge in [-0.2, -0.15) is 5.26 Å². The lowest BCUT2D eigenvalue weighted by Crippen LogP contribution is -2.23. The Bertz CT molecular complexity index is 1730. The third kappa shape index (κ3) is 5.70. The molecule has 0 atom stereocenters. The summed E-state index contributed by atoms with van der Waals surface area (Å²) in [6, 6.07) is 21.8. The highest BCUT2D eigenvalue weighted by Gasteiger charge is 2.26. The van der Waals surface area contributed by atoms with E-state index in [9.17, 15) is 23.5 Å². The number of hydrogen-bond acceptors (Lipinski definition) is 7. The topological polar surface area (TPSA) is 122 Å². The summed E-state index contributed by atoms with van der Waals surface area (Å²) in [4.78, 5) is 5.02. The van der Waals surface area contributed by atoms with Crippen LogP contribution in [-0.4, -0.2) is 25.3 Å². The van der Waals surface area contributed by atoms with Crippen LogP contribution in [0.25, 0.3) is 21.2 Å². The Hall–Kier alpha value is -4.59. The van der Waals surface area contributed by atoms with Gasteiger partial charge >= 0.3 is 0 Å². The molecule has 0 saturated heterocycles. The minimum Gasteiger partial charge on any atom is -0.748 e. The number of hydrogen-bond donors (Lipinski definition) is 0. The summed E-state index contributed by atoms with van der Waals surface area (Å²) in [6.45, 7) is 7.69. The predicted octanol–water partition coefficient (Wildman–Crippen LogP) is 5.77. The van der Waals surface area contributed by atoms with Crippen LogP contribution < -0.4 is 9.64 Å². The van der Waals surface area contributed by atoms with Crippen molar-refractivity contribution in [3.8, 4) is 17.9 Å². The van der Waals surface area contributed by atoms with E-state index in [0.717, 1.165) is 10.8 Å². The first-order chi connectivity index (χ1) is 18.3. The van der Waals surface area contributed by atoms with E-state index in [2.05, 4.69) is 10.9 Å². The molecule has 0 N–H and O–H groups in total. The van der Waals surface area contributed by atoms with Gasteiger partial charge in [0.15, 0.2) is 5.75 Å². The number of benzene rings is 3. The third-order valence-electron chi connectivity index (χ3n) is 5.76. The molecule has 1 heterocycles. The van der Waals surface area contributed by atoms with Crippen LogP contribution in [-0.2, 0) is 10.1 Å². The summed E-state index contributed by atoms with van der Waals surface area (Å²) in [6.07, 6.45) is 2.98. The number of allylic oxidation sites excluding steroid dienone is 5. The van der Waals surface area contributed by atoms with Gasteiger partial charge < -0.3 is 14.2 Å². The van der Waals surface area contributed by atoms with Crippen molar-refractivity contribution in [2.45, 2.75) is 6.42 Å². The summed E-state index contributed by atoms with van der Waals surface area (Å²) in [5.74, 6) is 0.161. The molecule has 0 fully saturated rings. The zero-order chi connectivity index (χ0) is 27.3. The van der Waals surface area contributed by atoms with Crippen LogP contribution in [0.5, 0.6) is 5.75 Å². The highest BCUT2D eigenvalue weighted by molar-refractivity contribution is 7.85. The second-order valence-electron chi connectivity index (χ2n) is 8.15. The standard InChI is InChI=1S/C28H19ClN4O4S/c1-32-24(18-31)28(23-9-4-7-19-6-2-3-8-22(19)23)20(17-30)10-13-27-33(14-5-15-38(34,35)36)25-16-21(29)11-12-26(25)37-27/h2-4,6-13,16H,5,14-15H2,(H,34,35,36)/p-1/b20-10+,27-13-,28-24-. The first kappa shape index (κ1) is 26.5. The first-order valence-corrected chi connectivity index (χ1v) is 13.2. The van der Waals surface area contributed by atoms with E-state index < -0.39 is 15.9 Å². The minimum absolute atomic E-state index is 0.0325. The molecule has 0 unspecified atom stereocenters. The molecule has 1 aliphatic heterocycles. The maximum Gasteiger partial charge on any atom is 0.270 e. The second kappa shape index (κ2) is 11.2. The summed E-state index contributed by atoms with van der Waals surface area (Å²) < 4.78 is 39.3. The zero-order valence-electron chi connectivity index (χ0n) is 19.8. The fourth-order valence-electron chi connectivity index (χ4n) is 4.14. The maximum atomic E-state index is 11.1. The molecule has 0 saturated carbocycles. The lowest BCUT2D eigenvalue weighted by atomic mass is 9.92. The van der Waals surface area contributed by atoms with E-state index in [0.29, 0.717) is 22.0 Å². The summed E-state index contributed by atoms with van der Waals surface area (Å²) in [5, 5.41) is 21.9. The molecule has 0 amide bonds. The maximum absolute atomic E-state index is 11.1. The SMILES string of the molecule is [C-]#[N+]/C(C#N)=C(/C(C#N)=C/C=C1\Oc2ccc(Cl)cc2N1CCCS(=O)(=O)[O-])c1cccc2ccccc12. The van der Waals surface area contributed by atoms with E-state index in [1.807, 2.05) is 36.4 Å². The number of nitrogens with zero attached hydrogens (tertiary/aromatic N) is 4. The Labute approximate surface area is 225 Å². The molecule has 0 aromatic heterocycles.